The number of aromatic amines is 1. The molecule has 1 aliphatic carbocycles. The van der Waals surface area contributed by atoms with Crippen LogP contribution in [0.2, 0.25) is 0 Å². The highest BCUT2D eigenvalue weighted by molar-refractivity contribution is 5.24. The summed E-state index contributed by atoms with van der Waals surface area (Å²) in [5.74, 6) is 0. The van der Waals surface area contributed by atoms with Crippen molar-refractivity contribution in [2.24, 2.45) is 0 Å². The van der Waals surface area contributed by atoms with Gasteiger partial charge in [-0.2, -0.15) is 0 Å². The molecule has 15 heavy (non-hydrogen) atoms. The van der Waals surface area contributed by atoms with Gasteiger partial charge in [-0.3, -0.25) is 4.79 Å². The molecule has 0 spiro atoms. The van der Waals surface area contributed by atoms with Crippen LogP contribution in [0.4, 0.5) is 0 Å². The zero-order chi connectivity index (χ0) is 10.9. The lowest BCUT2D eigenvalue weighted by Crippen LogP contribution is -2.38. The van der Waals surface area contributed by atoms with Crippen LogP contribution in [0, 0.1) is 0 Å². The number of ether oxygens (including phenoxy) is 1. The van der Waals surface area contributed by atoms with E-state index in [1.165, 1.54) is 6.33 Å². The van der Waals surface area contributed by atoms with Crippen LogP contribution in [0.5, 0.6) is 0 Å². The number of hydrogen-bond acceptors (Lipinski definition) is 3. The molecule has 4 rings (SSSR count). The third kappa shape index (κ3) is 1.59. The summed E-state index contributed by atoms with van der Waals surface area (Å²) in [7, 11) is 0. The lowest BCUT2D eigenvalue weighted by Gasteiger charge is -2.34. The third-order valence-electron chi connectivity index (χ3n) is 3.05. The second-order valence-corrected chi connectivity index (χ2v) is 3.92. The van der Waals surface area contributed by atoms with Gasteiger partial charge in [0.15, 0.2) is 0 Å². The molecule has 1 saturated carbocycles. The van der Waals surface area contributed by atoms with Crippen LogP contribution in [0.3, 0.4) is 0 Å². The molecule has 3 fully saturated rings. The van der Waals surface area contributed by atoms with Crippen LogP contribution in [0.1, 0.15) is 32.4 Å². The highest BCUT2D eigenvalue weighted by Crippen LogP contribution is 2.50. The van der Waals surface area contributed by atoms with Crippen molar-refractivity contribution in [3.05, 3.63) is 28.4 Å². The third-order valence-corrected chi connectivity index (χ3v) is 3.05. The van der Waals surface area contributed by atoms with Crippen molar-refractivity contribution in [1.82, 2.24) is 9.97 Å². The topological polar surface area (TPSA) is 55.0 Å². The molecule has 1 aromatic heterocycles. The molecule has 4 heteroatoms. The number of hydrogen-bond donors (Lipinski definition) is 1. The van der Waals surface area contributed by atoms with Gasteiger partial charge in [0.05, 0.1) is 24.7 Å². The maximum Gasteiger partial charge on any atom is 0.250 e. The molecule has 3 heterocycles. The molecule has 0 unspecified atom stereocenters. The van der Waals surface area contributed by atoms with Crippen molar-refractivity contribution in [2.45, 2.75) is 38.2 Å². The van der Waals surface area contributed by atoms with Gasteiger partial charge in [0.25, 0.3) is 5.56 Å². The minimum Gasteiger partial charge on any atom is -0.377 e. The van der Waals surface area contributed by atoms with Crippen LogP contribution >= 0.6 is 0 Å². The van der Waals surface area contributed by atoms with E-state index in [-0.39, 0.29) is 11.0 Å². The Hall–Kier alpha value is -1.16. The van der Waals surface area contributed by atoms with Gasteiger partial charge in [0.2, 0.25) is 0 Å². The number of nitrogens with zero attached hydrogens (tertiary/aromatic N) is 1. The molecule has 1 N–H and O–H groups in total. The standard InChI is InChI=1S/C9H10N2O2.C2H6/c12-8-1-7(10-5-11-8)9-2-6(3-9)13-4-9;1-2/h1,5-6H,2-4H2,(H,10,11,12);1-2H3. The molecule has 2 aliphatic heterocycles. The largest absolute Gasteiger partial charge is 0.377 e. The van der Waals surface area contributed by atoms with Crippen molar-refractivity contribution in [2.75, 3.05) is 6.61 Å². The Morgan fingerprint density at radius 3 is 2.80 bits per heavy atom. The second kappa shape index (κ2) is 3.77. The Morgan fingerprint density at radius 1 is 1.53 bits per heavy atom. The van der Waals surface area contributed by atoms with E-state index in [4.69, 9.17) is 4.74 Å². The summed E-state index contributed by atoms with van der Waals surface area (Å²) >= 11 is 0. The first-order chi connectivity index (χ1) is 7.28. The Kier molecular flexibility index (Phi) is 2.61. The quantitative estimate of drug-likeness (QED) is 0.755. The van der Waals surface area contributed by atoms with E-state index < -0.39 is 0 Å². The smallest absolute Gasteiger partial charge is 0.250 e. The molecule has 1 aromatic rings. The van der Waals surface area contributed by atoms with Crippen molar-refractivity contribution >= 4 is 0 Å². The molecular formula is C11H16N2O2. The molecule has 0 amide bonds. The average Bonchev–Trinajstić information content (AvgIpc) is 2.80. The molecule has 3 aliphatic rings. The molecular weight excluding hydrogens is 192 g/mol. The van der Waals surface area contributed by atoms with Gasteiger partial charge >= 0.3 is 0 Å². The van der Waals surface area contributed by atoms with Crippen molar-refractivity contribution in [3.8, 4) is 0 Å². The minimum absolute atomic E-state index is 0.0684. The van der Waals surface area contributed by atoms with E-state index in [9.17, 15) is 4.79 Å². The number of aromatic nitrogens is 2. The first kappa shape index (κ1) is 10.4. The van der Waals surface area contributed by atoms with Crippen molar-refractivity contribution in [1.29, 1.82) is 0 Å². The minimum atomic E-state index is -0.0743. The van der Waals surface area contributed by atoms with Gasteiger partial charge in [-0.1, -0.05) is 13.8 Å². The predicted octanol–water partition coefficient (Wildman–Crippen LogP) is 1.23. The Bertz CT molecular complexity index is 388. The van der Waals surface area contributed by atoms with Gasteiger partial charge < -0.3 is 9.72 Å². The van der Waals surface area contributed by atoms with Gasteiger partial charge in [-0.05, 0) is 12.8 Å². The highest BCUT2D eigenvalue weighted by Gasteiger charge is 2.53. The van der Waals surface area contributed by atoms with Crippen LogP contribution in [0.25, 0.3) is 0 Å². The van der Waals surface area contributed by atoms with Crippen molar-refractivity contribution in [3.63, 3.8) is 0 Å². The van der Waals surface area contributed by atoms with Gasteiger partial charge in [-0.25, -0.2) is 4.98 Å². The molecule has 0 atom stereocenters. The first-order valence-electron chi connectivity index (χ1n) is 5.45. The summed E-state index contributed by atoms with van der Waals surface area (Å²) in [6.07, 6.45) is 3.95. The monoisotopic (exact) mass is 208 g/mol. The number of fused-ring (bicyclic) bond motifs is 1. The van der Waals surface area contributed by atoms with Gasteiger partial charge in [-0.15, -0.1) is 0 Å². The number of rotatable bonds is 1. The summed E-state index contributed by atoms with van der Waals surface area (Å²) in [6, 6.07) is 1.59. The van der Waals surface area contributed by atoms with Crippen LogP contribution in [-0.4, -0.2) is 22.7 Å². The zero-order valence-electron chi connectivity index (χ0n) is 9.12. The Morgan fingerprint density at radius 2 is 2.27 bits per heavy atom. The first-order valence-corrected chi connectivity index (χ1v) is 5.45. The SMILES string of the molecule is CC.O=c1cc(C23COC(C2)C3)nc[nH]1. The molecule has 0 radical (unpaired) electrons. The maximum absolute atomic E-state index is 11.1. The van der Waals surface area contributed by atoms with Crippen LogP contribution in [0.15, 0.2) is 17.2 Å². The average molecular weight is 208 g/mol. The van der Waals surface area contributed by atoms with Gasteiger partial charge in [0, 0.05) is 11.5 Å². The van der Waals surface area contributed by atoms with E-state index >= 15 is 0 Å². The van der Waals surface area contributed by atoms with E-state index in [0.717, 1.165) is 25.1 Å². The fourth-order valence-corrected chi connectivity index (χ4v) is 2.27. The summed E-state index contributed by atoms with van der Waals surface area (Å²) in [5, 5.41) is 0. The van der Waals surface area contributed by atoms with E-state index in [1.807, 2.05) is 13.8 Å². The number of nitrogens with one attached hydrogen (secondary N) is 1. The zero-order valence-corrected chi connectivity index (χ0v) is 9.12. The van der Waals surface area contributed by atoms with Gasteiger partial charge in [0.1, 0.15) is 0 Å². The maximum atomic E-state index is 11.1. The van der Waals surface area contributed by atoms with Crippen molar-refractivity contribution < 1.29 is 4.74 Å². The predicted molar refractivity (Wildman–Crippen MR) is 56.9 cm³/mol. The second-order valence-electron chi connectivity index (χ2n) is 3.92. The van der Waals surface area contributed by atoms with Crippen LogP contribution in [-0.2, 0) is 10.2 Å². The van der Waals surface area contributed by atoms with E-state index in [0.29, 0.717) is 6.10 Å². The molecule has 0 aromatic carbocycles. The fourth-order valence-electron chi connectivity index (χ4n) is 2.27. The highest BCUT2D eigenvalue weighted by atomic mass is 16.5. The number of H-pyrrole nitrogens is 1. The lowest BCUT2D eigenvalue weighted by molar-refractivity contribution is 0.122. The molecule has 4 nitrogen and oxygen atoms in total. The molecule has 82 valence electrons. The van der Waals surface area contributed by atoms with E-state index in [1.54, 1.807) is 6.07 Å². The normalized spacial score (nSPS) is 31.5. The fraction of sp³-hybridized carbons (Fsp3) is 0.636. The summed E-state index contributed by atoms with van der Waals surface area (Å²) < 4.78 is 5.47. The summed E-state index contributed by atoms with van der Waals surface area (Å²) in [6.45, 7) is 4.73. The van der Waals surface area contributed by atoms with E-state index in [2.05, 4.69) is 9.97 Å². The Balaban J connectivity index is 0.000000404. The molecule has 2 saturated heterocycles. The molecule has 2 bridgehead atoms. The lowest BCUT2D eigenvalue weighted by atomic mass is 9.68. The Labute approximate surface area is 88.7 Å². The summed E-state index contributed by atoms with van der Waals surface area (Å²) in [5.41, 5.74) is 0.888. The van der Waals surface area contributed by atoms with Crippen LogP contribution < -0.4 is 5.56 Å². The summed E-state index contributed by atoms with van der Waals surface area (Å²) in [4.78, 5) is 17.8.